The maximum atomic E-state index is 11.9. The lowest BCUT2D eigenvalue weighted by Crippen LogP contribution is -2.38. The van der Waals surface area contributed by atoms with E-state index < -0.39 is 6.04 Å². The third-order valence-corrected chi connectivity index (χ3v) is 3.45. The highest BCUT2D eigenvalue weighted by Crippen LogP contribution is 2.16. The summed E-state index contributed by atoms with van der Waals surface area (Å²) in [5.41, 5.74) is 0.938. The number of hydrogen-bond acceptors (Lipinski definition) is 3. The summed E-state index contributed by atoms with van der Waals surface area (Å²) < 4.78 is 4.82. The molecule has 1 saturated heterocycles. The van der Waals surface area contributed by atoms with Crippen LogP contribution in [0.25, 0.3) is 10.8 Å². The van der Waals surface area contributed by atoms with E-state index in [1.165, 1.54) is 0 Å². The Kier molecular flexibility index (Phi) is 3.37. The van der Waals surface area contributed by atoms with Crippen LogP contribution in [-0.4, -0.2) is 24.5 Å². The molecule has 1 aliphatic heterocycles. The summed E-state index contributed by atoms with van der Waals surface area (Å²) in [7, 11) is 0. The van der Waals surface area contributed by atoms with E-state index in [1.807, 2.05) is 42.5 Å². The minimum absolute atomic E-state index is 0.149. The molecule has 4 heteroatoms. The fraction of sp³-hybridized carbons (Fsp3) is 0.250. The van der Waals surface area contributed by atoms with Gasteiger partial charge in [-0.1, -0.05) is 42.5 Å². The zero-order chi connectivity index (χ0) is 13.9. The van der Waals surface area contributed by atoms with E-state index in [-0.39, 0.29) is 18.3 Å². The second kappa shape index (κ2) is 5.33. The highest BCUT2D eigenvalue weighted by molar-refractivity contribution is 5.88. The molecule has 1 unspecified atom stereocenters. The number of carbonyl (C=O) groups is 2. The molecule has 0 radical (unpaired) electrons. The van der Waals surface area contributed by atoms with Crippen LogP contribution in [0.4, 0.5) is 0 Å². The topological polar surface area (TPSA) is 55.4 Å². The van der Waals surface area contributed by atoms with Crippen LogP contribution in [0.1, 0.15) is 12.0 Å². The maximum absolute atomic E-state index is 11.9. The number of rotatable bonds is 3. The molecule has 1 heterocycles. The first kappa shape index (κ1) is 12.7. The lowest BCUT2D eigenvalue weighted by Gasteiger charge is -2.09. The highest BCUT2D eigenvalue weighted by atomic mass is 16.5. The van der Waals surface area contributed by atoms with Gasteiger partial charge in [0.05, 0.1) is 13.0 Å². The van der Waals surface area contributed by atoms with Gasteiger partial charge in [0, 0.05) is 6.42 Å². The van der Waals surface area contributed by atoms with Crippen LogP contribution in [0, 0.1) is 0 Å². The molecule has 2 aromatic rings. The van der Waals surface area contributed by atoms with Crippen LogP contribution in [-0.2, 0) is 20.7 Å². The molecule has 1 atom stereocenters. The van der Waals surface area contributed by atoms with Crippen LogP contribution in [0.15, 0.2) is 42.5 Å². The van der Waals surface area contributed by atoms with E-state index in [9.17, 15) is 9.59 Å². The molecule has 0 saturated carbocycles. The first-order valence-electron chi connectivity index (χ1n) is 6.66. The van der Waals surface area contributed by atoms with Crippen LogP contribution in [0.2, 0.25) is 0 Å². The average Bonchev–Trinajstić information content (AvgIpc) is 2.84. The van der Waals surface area contributed by atoms with E-state index in [2.05, 4.69) is 5.32 Å². The standard InChI is InChI=1S/C16H15NO3/c18-15(17-14-7-8-20-16(14)19)10-11-5-6-12-3-1-2-4-13(12)9-11/h1-6,9,14H,7-8,10H2,(H,17,18). The zero-order valence-corrected chi connectivity index (χ0v) is 11.0. The number of carbonyl (C=O) groups excluding carboxylic acids is 2. The molecule has 3 rings (SSSR count). The third-order valence-electron chi connectivity index (χ3n) is 3.45. The van der Waals surface area contributed by atoms with Crippen molar-refractivity contribution in [3.8, 4) is 0 Å². The van der Waals surface area contributed by atoms with Gasteiger partial charge >= 0.3 is 5.97 Å². The summed E-state index contributed by atoms with van der Waals surface area (Å²) in [5, 5.41) is 4.97. The fourth-order valence-corrected chi connectivity index (χ4v) is 2.41. The number of nitrogens with one attached hydrogen (secondary N) is 1. The van der Waals surface area contributed by atoms with E-state index in [4.69, 9.17) is 4.74 Å². The number of benzene rings is 2. The first-order chi connectivity index (χ1) is 9.72. The molecule has 0 bridgehead atoms. The van der Waals surface area contributed by atoms with Crippen LogP contribution in [0.5, 0.6) is 0 Å². The molecular formula is C16H15NO3. The quantitative estimate of drug-likeness (QED) is 0.865. The minimum Gasteiger partial charge on any atom is -0.464 e. The zero-order valence-electron chi connectivity index (χ0n) is 11.0. The fourth-order valence-electron chi connectivity index (χ4n) is 2.41. The van der Waals surface area contributed by atoms with Crippen molar-refractivity contribution >= 4 is 22.6 Å². The average molecular weight is 269 g/mol. The highest BCUT2D eigenvalue weighted by Gasteiger charge is 2.27. The first-order valence-corrected chi connectivity index (χ1v) is 6.66. The van der Waals surface area contributed by atoms with Crippen molar-refractivity contribution in [2.45, 2.75) is 18.9 Å². The third kappa shape index (κ3) is 2.64. The van der Waals surface area contributed by atoms with E-state index in [1.54, 1.807) is 0 Å². The second-order valence-corrected chi connectivity index (χ2v) is 4.93. The lowest BCUT2D eigenvalue weighted by atomic mass is 10.0. The molecule has 0 aliphatic carbocycles. The van der Waals surface area contributed by atoms with Crippen molar-refractivity contribution < 1.29 is 14.3 Å². The Labute approximate surface area is 116 Å². The predicted molar refractivity (Wildman–Crippen MR) is 75.2 cm³/mol. The van der Waals surface area contributed by atoms with Gasteiger partial charge in [0.2, 0.25) is 5.91 Å². The molecule has 20 heavy (non-hydrogen) atoms. The Balaban J connectivity index is 1.69. The van der Waals surface area contributed by atoms with Gasteiger partial charge in [0.25, 0.3) is 0 Å². The molecule has 0 aromatic heterocycles. The summed E-state index contributed by atoms with van der Waals surface area (Å²) in [6.45, 7) is 0.389. The Morgan fingerprint density at radius 3 is 2.75 bits per heavy atom. The van der Waals surface area contributed by atoms with Gasteiger partial charge in [-0.3, -0.25) is 4.79 Å². The molecule has 0 spiro atoms. The number of cyclic esters (lactones) is 1. The summed E-state index contributed by atoms with van der Waals surface area (Å²) in [6, 6.07) is 13.5. The largest absolute Gasteiger partial charge is 0.464 e. The monoisotopic (exact) mass is 269 g/mol. The number of esters is 1. The normalized spacial score (nSPS) is 18.0. The van der Waals surface area contributed by atoms with E-state index in [0.29, 0.717) is 13.0 Å². The van der Waals surface area contributed by atoms with Gasteiger partial charge in [-0.15, -0.1) is 0 Å². The second-order valence-electron chi connectivity index (χ2n) is 4.93. The van der Waals surface area contributed by atoms with Crippen molar-refractivity contribution in [2.75, 3.05) is 6.61 Å². The molecule has 1 N–H and O–H groups in total. The summed E-state index contributed by atoms with van der Waals surface area (Å²) in [5.74, 6) is -0.485. The SMILES string of the molecule is O=C(Cc1ccc2ccccc2c1)NC1CCOC1=O. The number of fused-ring (bicyclic) bond motifs is 1. The molecule has 1 fully saturated rings. The Morgan fingerprint density at radius 1 is 1.20 bits per heavy atom. The Bertz CT molecular complexity index is 666. The van der Waals surface area contributed by atoms with Gasteiger partial charge in [-0.2, -0.15) is 0 Å². The smallest absolute Gasteiger partial charge is 0.328 e. The van der Waals surface area contributed by atoms with Crippen LogP contribution in [0.3, 0.4) is 0 Å². The minimum atomic E-state index is -0.483. The van der Waals surface area contributed by atoms with Gasteiger partial charge < -0.3 is 10.1 Å². The van der Waals surface area contributed by atoms with Crippen LogP contribution >= 0.6 is 0 Å². The van der Waals surface area contributed by atoms with Gasteiger partial charge in [0.15, 0.2) is 0 Å². The van der Waals surface area contributed by atoms with Crippen molar-refractivity contribution in [3.63, 3.8) is 0 Å². The maximum Gasteiger partial charge on any atom is 0.328 e. The molecule has 102 valence electrons. The lowest BCUT2D eigenvalue weighted by molar-refractivity contribution is -0.141. The van der Waals surface area contributed by atoms with Gasteiger partial charge in [0.1, 0.15) is 6.04 Å². The van der Waals surface area contributed by atoms with Crippen molar-refractivity contribution in [1.29, 1.82) is 0 Å². The van der Waals surface area contributed by atoms with Gasteiger partial charge in [-0.05, 0) is 16.3 Å². The van der Waals surface area contributed by atoms with Crippen molar-refractivity contribution in [3.05, 3.63) is 48.0 Å². The summed E-state index contributed by atoms with van der Waals surface area (Å²) >= 11 is 0. The Morgan fingerprint density at radius 2 is 2.00 bits per heavy atom. The molecule has 1 amide bonds. The van der Waals surface area contributed by atoms with E-state index >= 15 is 0 Å². The van der Waals surface area contributed by atoms with Crippen molar-refractivity contribution in [1.82, 2.24) is 5.32 Å². The molecule has 2 aromatic carbocycles. The Hall–Kier alpha value is -2.36. The summed E-state index contributed by atoms with van der Waals surface area (Å²) in [4.78, 5) is 23.2. The number of amides is 1. The molecule has 1 aliphatic rings. The van der Waals surface area contributed by atoms with Crippen molar-refractivity contribution in [2.24, 2.45) is 0 Å². The number of hydrogen-bond donors (Lipinski definition) is 1. The van der Waals surface area contributed by atoms with E-state index in [0.717, 1.165) is 16.3 Å². The number of ether oxygens (including phenoxy) is 1. The van der Waals surface area contributed by atoms with Crippen LogP contribution < -0.4 is 5.32 Å². The molecular weight excluding hydrogens is 254 g/mol. The van der Waals surface area contributed by atoms with Gasteiger partial charge in [-0.25, -0.2) is 4.79 Å². The predicted octanol–water partition coefficient (Wildman–Crippen LogP) is 1.81. The molecule has 4 nitrogen and oxygen atoms in total. The summed E-state index contributed by atoms with van der Waals surface area (Å²) in [6.07, 6.45) is 0.830.